The summed E-state index contributed by atoms with van der Waals surface area (Å²) in [5.41, 5.74) is 2.26. The maximum Gasteiger partial charge on any atom is 0.270 e. The molecule has 1 amide bonds. The second-order valence-electron chi connectivity index (χ2n) is 5.15. The van der Waals surface area contributed by atoms with Crippen LogP contribution in [0.4, 0.5) is 11.6 Å². The fourth-order valence-electron chi connectivity index (χ4n) is 2.01. The highest BCUT2D eigenvalue weighted by Gasteiger charge is 2.10. The van der Waals surface area contributed by atoms with Crippen LogP contribution in [0.1, 0.15) is 41.5 Å². The molecule has 118 valence electrons. The minimum atomic E-state index is -0.210. The lowest BCUT2D eigenvalue weighted by Gasteiger charge is -2.09. The van der Waals surface area contributed by atoms with E-state index in [-0.39, 0.29) is 5.91 Å². The number of benzene rings is 1. The first-order chi connectivity index (χ1) is 11.1. The van der Waals surface area contributed by atoms with Crippen molar-refractivity contribution in [3.63, 3.8) is 0 Å². The van der Waals surface area contributed by atoms with E-state index in [1.165, 1.54) is 0 Å². The van der Waals surface area contributed by atoms with Gasteiger partial charge in [-0.1, -0.05) is 19.4 Å². The van der Waals surface area contributed by atoms with Crippen LogP contribution in [-0.4, -0.2) is 22.4 Å². The maximum atomic E-state index is 12.1. The average Bonchev–Trinajstić information content (AvgIpc) is 2.54. The molecule has 0 atom stereocenters. The summed E-state index contributed by atoms with van der Waals surface area (Å²) in [6.45, 7) is 4.51. The molecule has 0 aliphatic rings. The Morgan fingerprint density at radius 1 is 1.30 bits per heavy atom. The molecule has 6 nitrogen and oxygen atoms in total. The van der Waals surface area contributed by atoms with Crippen molar-refractivity contribution in [3.8, 4) is 6.07 Å². The number of nitrogens with one attached hydrogen (secondary N) is 2. The Bertz CT molecular complexity index is 736. The van der Waals surface area contributed by atoms with Gasteiger partial charge in [0.25, 0.3) is 5.91 Å². The molecular formula is C17H19N5O. The number of unbranched alkanes of at least 4 members (excludes halogenated alkanes) is 1. The van der Waals surface area contributed by atoms with Crippen molar-refractivity contribution in [1.82, 2.24) is 15.3 Å². The normalized spacial score (nSPS) is 9.96. The van der Waals surface area contributed by atoms with Gasteiger partial charge in [0, 0.05) is 17.9 Å². The lowest BCUT2D eigenvalue weighted by Crippen LogP contribution is -2.25. The first-order valence-corrected chi connectivity index (χ1v) is 7.53. The van der Waals surface area contributed by atoms with Crippen LogP contribution in [0.15, 0.2) is 30.3 Å². The molecule has 0 saturated heterocycles. The second kappa shape index (κ2) is 7.90. The molecule has 1 aromatic heterocycles. The van der Waals surface area contributed by atoms with Crippen molar-refractivity contribution >= 4 is 17.5 Å². The van der Waals surface area contributed by atoms with E-state index in [1.54, 1.807) is 31.2 Å². The van der Waals surface area contributed by atoms with E-state index in [0.29, 0.717) is 35.1 Å². The van der Waals surface area contributed by atoms with Gasteiger partial charge in [0.05, 0.1) is 11.6 Å². The number of hydrogen-bond acceptors (Lipinski definition) is 5. The summed E-state index contributed by atoms with van der Waals surface area (Å²) in [6.07, 6.45) is 1.95. The first kappa shape index (κ1) is 16.4. The number of aromatic nitrogens is 2. The Labute approximate surface area is 135 Å². The standard InChI is InChI=1S/C17H19N5O/c1-3-4-8-19-16(23)15-9-12(2)20-17(22-15)21-14-7-5-6-13(10-14)11-18/h5-7,9-10H,3-4,8H2,1-2H3,(H,19,23)(H,20,21,22). The third-order valence-electron chi connectivity index (χ3n) is 3.15. The van der Waals surface area contributed by atoms with E-state index < -0.39 is 0 Å². The Morgan fingerprint density at radius 2 is 2.13 bits per heavy atom. The van der Waals surface area contributed by atoms with Crippen molar-refractivity contribution in [3.05, 3.63) is 47.3 Å². The molecule has 1 heterocycles. The number of anilines is 2. The smallest absolute Gasteiger partial charge is 0.270 e. The van der Waals surface area contributed by atoms with Crippen LogP contribution in [0.3, 0.4) is 0 Å². The predicted octanol–water partition coefficient (Wildman–Crippen LogP) is 2.93. The zero-order chi connectivity index (χ0) is 16.7. The van der Waals surface area contributed by atoms with Gasteiger partial charge in [0.15, 0.2) is 0 Å². The third kappa shape index (κ3) is 4.78. The van der Waals surface area contributed by atoms with Crippen LogP contribution in [-0.2, 0) is 0 Å². The molecule has 2 aromatic rings. The molecule has 0 bridgehead atoms. The summed E-state index contributed by atoms with van der Waals surface area (Å²) < 4.78 is 0. The number of aryl methyl sites for hydroxylation is 1. The number of carbonyl (C=O) groups excluding carboxylic acids is 1. The number of carbonyl (C=O) groups is 1. The molecule has 0 aliphatic heterocycles. The summed E-state index contributed by atoms with van der Waals surface area (Å²) in [6, 6.07) is 10.7. The van der Waals surface area contributed by atoms with Gasteiger partial charge in [-0.05, 0) is 37.6 Å². The Kier molecular flexibility index (Phi) is 5.64. The molecule has 0 radical (unpaired) electrons. The fourth-order valence-corrected chi connectivity index (χ4v) is 2.01. The number of nitrogens with zero attached hydrogens (tertiary/aromatic N) is 3. The Hall–Kier alpha value is -2.94. The van der Waals surface area contributed by atoms with E-state index >= 15 is 0 Å². The number of nitriles is 1. The van der Waals surface area contributed by atoms with Crippen molar-refractivity contribution in [1.29, 1.82) is 5.26 Å². The van der Waals surface area contributed by atoms with Crippen LogP contribution in [0.5, 0.6) is 0 Å². The van der Waals surface area contributed by atoms with Crippen LogP contribution < -0.4 is 10.6 Å². The van der Waals surface area contributed by atoms with Crippen molar-refractivity contribution < 1.29 is 4.79 Å². The molecular weight excluding hydrogens is 290 g/mol. The quantitative estimate of drug-likeness (QED) is 0.801. The van der Waals surface area contributed by atoms with E-state index in [2.05, 4.69) is 33.6 Å². The average molecular weight is 309 g/mol. The van der Waals surface area contributed by atoms with Gasteiger partial charge in [-0.2, -0.15) is 5.26 Å². The van der Waals surface area contributed by atoms with E-state index in [1.807, 2.05) is 6.07 Å². The second-order valence-corrected chi connectivity index (χ2v) is 5.15. The molecule has 2 N–H and O–H groups in total. The molecule has 0 saturated carbocycles. The number of rotatable bonds is 6. The van der Waals surface area contributed by atoms with Crippen LogP contribution in [0, 0.1) is 18.3 Å². The summed E-state index contributed by atoms with van der Waals surface area (Å²) >= 11 is 0. The molecule has 0 spiro atoms. The van der Waals surface area contributed by atoms with E-state index in [0.717, 1.165) is 12.8 Å². The molecule has 0 aliphatic carbocycles. The Balaban J connectivity index is 2.16. The monoisotopic (exact) mass is 309 g/mol. The van der Waals surface area contributed by atoms with Gasteiger partial charge in [-0.25, -0.2) is 9.97 Å². The zero-order valence-corrected chi connectivity index (χ0v) is 13.3. The Morgan fingerprint density at radius 3 is 2.87 bits per heavy atom. The fraction of sp³-hybridized carbons (Fsp3) is 0.294. The maximum absolute atomic E-state index is 12.1. The summed E-state index contributed by atoms with van der Waals surface area (Å²) in [4.78, 5) is 20.6. The van der Waals surface area contributed by atoms with Gasteiger partial charge < -0.3 is 10.6 Å². The summed E-state index contributed by atoms with van der Waals surface area (Å²) in [5.74, 6) is 0.124. The van der Waals surface area contributed by atoms with Crippen LogP contribution >= 0.6 is 0 Å². The van der Waals surface area contributed by atoms with Crippen molar-refractivity contribution in [2.24, 2.45) is 0 Å². The SMILES string of the molecule is CCCCNC(=O)c1cc(C)nc(Nc2cccc(C#N)c2)n1. The lowest BCUT2D eigenvalue weighted by molar-refractivity contribution is 0.0948. The molecule has 2 rings (SSSR count). The third-order valence-corrected chi connectivity index (χ3v) is 3.15. The van der Waals surface area contributed by atoms with E-state index in [9.17, 15) is 4.79 Å². The van der Waals surface area contributed by atoms with Crippen molar-refractivity contribution in [2.75, 3.05) is 11.9 Å². The van der Waals surface area contributed by atoms with E-state index in [4.69, 9.17) is 5.26 Å². The molecule has 0 unspecified atom stereocenters. The molecule has 0 fully saturated rings. The topological polar surface area (TPSA) is 90.7 Å². The lowest BCUT2D eigenvalue weighted by atomic mass is 10.2. The van der Waals surface area contributed by atoms with Crippen LogP contribution in [0.2, 0.25) is 0 Å². The minimum absolute atomic E-state index is 0.210. The number of amides is 1. The zero-order valence-electron chi connectivity index (χ0n) is 13.3. The minimum Gasteiger partial charge on any atom is -0.351 e. The molecule has 23 heavy (non-hydrogen) atoms. The van der Waals surface area contributed by atoms with Crippen LogP contribution in [0.25, 0.3) is 0 Å². The predicted molar refractivity (Wildman–Crippen MR) is 88.4 cm³/mol. The van der Waals surface area contributed by atoms with Gasteiger partial charge in [-0.3, -0.25) is 4.79 Å². The van der Waals surface area contributed by atoms with Crippen molar-refractivity contribution in [2.45, 2.75) is 26.7 Å². The number of hydrogen-bond donors (Lipinski definition) is 2. The first-order valence-electron chi connectivity index (χ1n) is 7.53. The molecule has 1 aromatic carbocycles. The molecule has 6 heteroatoms. The van der Waals surface area contributed by atoms with Gasteiger partial charge >= 0.3 is 0 Å². The summed E-state index contributed by atoms with van der Waals surface area (Å²) in [7, 11) is 0. The van der Waals surface area contributed by atoms with Gasteiger partial charge in [-0.15, -0.1) is 0 Å². The summed E-state index contributed by atoms with van der Waals surface area (Å²) in [5, 5.41) is 14.8. The van der Waals surface area contributed by atoms with Gasteiger partial charge in [0.2, 0.25) is 5.95 Å². The van der Waals surface area contributed by atoms with Gasteiger partial charge in [0.1, 0.15) is 5.69 Å². The highest BCUT2D eigenvalue weighted by molar-refractivity contribution is 5.92. The highest BCUT2D eigenvalue weighted by Crippen LogP contribution is 2.15. The largest absolute Gasteiger partial charge is 0.351 e. The highest BCUT2D eigenvalue weighted by atomic mass is 16.1.